The lowest BCUT2D eigenvalue weighted by atomic mass is 10.1. The third-order valence-corrected chi connectivity index (χ3v) is 3.29. The molecule has 5 nitrogen and oxygen atoms in total. The van der Waals surface area contributed by atoms with Crippen molar-refractivity contribution < 1.29 is 4.79 Å². The van der Waals surface area contributed by atoms with E-state index in [0.717, 1.165) is 17.0 Å². The summed E-state index contributed by atoms with van der Waals surface area (Å²) in [5.41, 5.74) is 9.80. The van der Waals surface area contributed by atoms with E-state index in [1.165, 1.54) is 0 Å². The van der Waals surface area contributed by atoms with Crippen LogP contribution in [0.3, 0.4) is 0 Å². The van der Waals surface area contributed by atoms with E-state index in [1.54, 1.807) is 18.2 Å². The zero-order valence-electron chi connectivity index (χ0n) is 11.4. The number of carbonyl (C=O) groups is 1. The molecule has 0 aliphatic heterocycles. The molecule has 0 saturated heterocycles. The maximum atomic E-state index is 12.0. The summed E-state index contributed by atoms with van der Waals surface area (Å²) in [4.78, 5) is 12.0. The number of aryl methyl sites for hydroxylation is 2. The predicted molar refractivity (Wildman–Crippen MR) is 74.7 cm³/mol. The van der Waals surface area contributed by atoms with Gasteiger partial charge in [0.15, 0.2) is 0 Å². The number of anilines is 1. The average molecular weight is 258 g/mol. The molecule has 0 bridgehead atoms. The SMILES string of the molecule is Cc1nn(C)c(C)c1CNC(=O)c1ccccc1N. The molecule has 0 unspecified atom stereocenters. The Morgan fingerprint density at radius 3 is 2.63 bits per heavy atom. The minimum absolute atomic E-state index is 0.166. The molecule has 5 heteroatoms. The Kier molecular flexibility index (Phi) is 3.55. The number of nitrogens with one attached hydrogen (secondary N) is 1. The van der Waals surface area contributed by atoms with Crippen molar-refractivity contribution >= 4 is 11.6 Å². The molecule has 1 amide bonds. The fourth-order valence-electron chi connectivity index (χ4n) is 2.04. The largest absolute Gasteiger partial charge is 0.398 e. The predicted octanol–water partition coefficient (Wildman–Crippen LogP) is 1.55. The molecule has 100 valence electrons. The van der Waals surface area contributed by atoms with E-state index in [9.17, 15) is 4.79 Å². The Labute approximate surface area is 112 Å². The highest BCUT2D eigenvalue weighted by Crippen LogP contribution is 2.13. The number of benzene rings is 1. The number of hydrogen-bond acceptors (Lipinski definition) is 3. The van der Waals surface area contributed by atoms with Crippen LogP contribution < -0.4 is 11.1 Å². The van der Waals surface area contributed by atoms with Gasteiger partial charge in [-0.3, -0.25) is 9.48 Å². The van der Waals surface area contributed by atoms with E-state index in [-0.39, 0.29) is 5.91 Å². The minimum atomic E-state index is -0.166. The van der Waals surface area contributed by atoms with Gasteiger partial charge in [0.1, 0.15) is 0 Å². The first-order valence-electron chi connectivity index (χ1n) is 6.12. The second-order valence-electron chi connectivity index (χ2n) is 4.54. The van der Waals surface area contributed by atoms with Crippen LogP contribution in [0, 0.1) is 13.8 Å². The zero-order valence-corrected chi connectivity index (χ0v) is 11.4. The molecule has 1 heterocycles. The monoisotopic (exact) mass is 258 g/mol. The lowest BCUT2D eigenvalue weighted by molar-refractivity contribution is 0.0951. The van der Waals surface area contributed by atoms with Gasteiger partial charge in [-0.1, -0.05) is 12.1 Å². The molecule has 2 aromatic rings. The van der Waals surface area contributed by atoms with Crippen molar-refractivity contribution in [3.63, 3.8) is 0 Å². The third-order valence-electron chi connectivity index (χ3n) is 3.29. The molecule has 0 radical (unpaired) electrons. The fraction of sp³-hybridized carbons (Fsp3) is 0.286. The minimum Gasteiger partial charge on any atom is -0.398 e. The van der Waals surface area contributed by atoms with E-state index < -0.39 is 0 Å². The van der Waals surface area contributed by atoms with E-state index in [2.05, 4.69) is 10.4 Å². The van der Waals surface area contributed by atoms with Gasteiger partial charge in [0.2, 0.25) is 0 Å². The van der Waals surface area contributed by atoms with Gasteiger partial charge in [-0.15, -0.1) is 0 Å². The first-order chi connectivity index (χ1) is 9.00. The van der Waals surface area contributed by atoms with Crippen molar-refractivity contribution in [1.82, 2.24) is 15.1 Å². The summed E-state index contributed by atoms with van der Waals surface area (Å²) in [7, 11) is 1.89. The van der Waals surface area contributed by atoms with Gasteiger partial charge in [0.05, 0.1) is 11.3 Å². The summed E-state index contributed by atoms with van der Waals surface area (Å²) in [5, 5.41) is 7.20. The number of aromatic nitrogens is 2. The fourth-order valence-corrected chi connectivity index (χ4v) is 2.04. The van der Waals surface area contributed by atoms with Crippen LogP contribution in [-0.4, -0.2) is 15.7 Å². The molecular weight excluding hydrogens is 240 g/mol. The standard InChI is InChI=1S/C14H18N4O/c1-9-12(10(2)18(3)17-9)8-16-14(19)11-6-4-5-7-13(11)15/h4-7H,8,15H2,1-3H3,(H,16,19). The van der Waals surface area contributed by atoms with Gasteiger partial charge in [-0.25, -0.2) is 0 Å². The highest BCUT2D eigenvalue weighted by Gasteiger charge is 2.12. The first-order valence-corrected chi connectivity index (χ1v) is 6.12. The molecule has 0 spiro atoms. The molecule has 2 rings (SSSR count). The highest BCUT2D eigenvalue weighted by atomic mass is 16.1. The zero-order chi connectivity index (χ0) is 14.0. The normalized spacial score (nSPS) is 10.5. The maximum absolute atomic E-state index is 12.0. The number of nitrogens with two attached hydrogens (primary N) is 1. The molecule has 19 heavy (non-hydrogen) atoms. The lowest BCUT2D eigenvalue weighted by Gasteiger charge is -2.07. The summed E-state index contributed by atoms with van der Waals surface area (Å²) in [6.45, 7) is 4.38. The quantitative estimate of drug-likeness (QED) is 0.820. The van der Waals surface area contributed by atoms with Gasteiger partial charge >= 0.3 is 0 Å². The van der Waals surface area contributed by atoms with Crippen molar-refractivity contribution in [3.8, 4) is 0 Å². The molecular formula is C14H18N4O. The summed E-state index contributed by atoms with van der Waals surface area (Å²) in [5.74, 6) is -0.166. The van der Waals surface area contributed by atoms with E-state index in [0.29, 0.717) is 17.8 Å². The summed E-state index contributed by atoms with van der Waals surface area (Å²) < 4.78 is 1.81. The molecule has 0 fully saturated rings. The lowest BCUT2D eigenvalue weighted by Crippen LogP contribution is -2.24. The smallest absolute Gasteiger partial charge is 0.253 e. The van der Waals surface area contributed by atoms with Gasteiger partial charge in [0, 0.05) is 30.5 Å². The number of nitrogens with zero attached hydrogens (tertiary/aromatic N) is 2. The summed E-state index contributed by atoms with van der Waals surface area (Å²) >= 11 is 0. The van der Waals surface area contributed by atoms with Crippen molar-refractivity contribution in [2.45, 2.75) is 20.4 Å². The molecule has 0 saturated carbocycles. The second-order valence-corrected chi connectivity index (χ2v) is 4.54. The second kappa shape index (κ2) is 5.14. The van der Waals surface area contributed by atoms with Crippen LogP contribution in [0.4, 0.5) is 5.69 Å². The van der Waals surface area contributed by atoms with Crippen LogP contribution in [0.15, 0.2) is 24.3 Å². The molecule has 3 N–H and O–H groups in total. The number of hydrogen-bond donors (Lipinski definition) is 2. The summed E-state index contributed by atoms with van der Waals surface area (Å²) in [6.07, 6.45) is 0. The molecule has 0 atom stereocenters. The van der Waals surface area contributed by atoms with Crippen LogP contribution >= 0.6 is 0 Å². The van der Waals surface area contributed by atoms with E-state index >= 15 is 0 Å². The Hall–Kier alpha value is -2.30. The Balaban J connectivity index is 2.11. The van der Waals surface area contributed by atoms with Crippen molar-refractivity contribution in [2.75, 3.05) is 5.73 Å². The Morgan fingerprint density at radius 1 is 1.37 bits per heavy atom. The number of para-hydroxylation sites is 1. The molecule has 0 aliphatic rings. The van der Waals surface area contributed by atoms with Crippen molar-refractivity contribution in [1.29, 1.82) is 0 Å². The highest BCUT2D eigenvalue weighted by molar-refractivity contribution is 5.99. The van der Waals surface area contributed by atoms with Gasteiger partial charge in [0.25, 0.3) is 5.91 Å². The Bertz CT molecular complexity index is 616. The van der Waals surface area contributed by atoms with Crippen molar-refractivity contribution in [2.24, 2.45) is 7.05 Å². The number of rotatable bonds is 3. The number of amides is 1. The van der Waals surface area contributed by atoms with Gasteiger partial charge in [-0.2, -0.15) is 5.10 Å². The molecule has 0 aliphatic carbocycles. The number of nitrogen functional groups attached to an aromatic ring is 1. The van der Waals surface area contributed by atoms with E-state index in [4.69, 9.17) is 5.73 Å². The molecule has 1 aromatic carbocycles. The summed E-state index contributed by atoms with van der Waals surface area (Å²) in [6, 6.07) is 7.04. The number of carbonyl (C=O) groups excluding carboxylic acids is 1. The average Bonchev–Trinajstić information content (AvgIpc) is 2.61. The van der Waals surface area contributed by atoms with Gasteiger partial charge in [-0.05, 0) is 26.0 Å². The third kappa shape index (κ3) is 2.59. The van der Waals surface area contributed by atoms with Crippen molar-refractivity contribution in [3.05, 3.63) is 46.8 Å². The van der Waals surface area contributed by atoms with Gasteiger partial charge < -0.3 is 11.1 Å². The topological polar surface area (TPSA) is 72.9 Å². The van der Waals surface area contributed by atoms with Crippen LogP contribution in [-0.2, 0) is 13.6 Å². The van der Waals surface area contributed by atoms with E-state index in [1.807, 2.05) is 31.6 Å². The Morgan fingerprint density at radius 2 is 2.05 bits per heavy atom. The maximum Gasteiger partial charge on any atom is 0.253 e. The van der Waals surface area contributed by atoms with Crippen LogP contribution in [0.1, 0.15) is 27.3 Å². The van der Waals surface area contributed by atoms with Crippen LogP contribution in [0.2, 0.25) is 0 Å². The van der Waals surface area contributed by atoms with Crippen LogP contribution in [0.25, 0.3) is 0 Å². The van der Waals surface area contributed by atoms with Crippen LogP contribution in [0.5, 0.6) is 0 Å². The first kappa shape index (κ1) is 13.1. The molecule has 1 aromatic heterocycles.